The highest BCUT2D eigenvalue weighted by atomic mass is 35.5. The molecule has 1 nitrogen and oxygen atoms in total. The van der Waals surface area contributed by atoms with Crippen molar-refractivity contribution in [3.63, 3.8) is 0 Å². The molecule has 0 fully saturated rings. The standard InChI is InChI=1S/C8Cl4F3N/c9-4-2(1-16)5(10)7(12)6(11)3(4)8(13,14)15. The van der Waals surface area contributed by atoms with Gasteiger partial charge in [0.1, 0.15) is 6.07 Å². The largest absolute Gasteiger partial charge is 0.419 e. The predicted molar refractivity (Wildman–Crippen MR) is 56.2 cm³/mol. The molecule has 1 aromatic carbocycles. The molecule has 0 bridgehead atoms. The van der Waals surface area contributed by atoms with E-state index in [0.717, 1.165) is 0 Å². The smallest absolute Gasteiger partial charge is 0.192 e. The van der Waals surface area contributed by atoms with Crippen LogP contribution in [0.4, 0.5) is 13.2 Å². The Morgan fingerprint density at radius 2 is 1.38 bits per heavy atom. The Morgan fingerprint density at radius 3 is 1.75 bits per heavy atom. The Morgan fingerprint density at radius 1 is 0.875 bits per heavy atom. The van der Waals surface area contributed by atoms with Gasteiger partial charge < -0.3 is 0 Å². The van der Waals surface area contributed by atoms with Crippen LogP contribution in [0, 0.1) is 11.3 Å². The van der Waals surface area contributed by atoms with Gasteiger partial charge in [0.2, 0.25) is 0 Å². The summed E-state index contributed by atoms with van der Waals surface area (Å²) in [6, 6.07) is 1.44. The van der Waals surface area contributed by atoms with Crippen LogP contribution in [0.15, 0.2) is 0 Å². The van der Waals surface area contributed by atoms with E-state index in [1.54, 1.807) is 0 Å². The first-order valence-electron chi connectivity index (χ1n) is 3.55. The van der Waals surface area contributed by atoms with Crippen molar-refractivity contribution in [1.82, 2.24) is 0 Å². The fourth-order valence-electron chi connectivity index (χ4n) is 0.981. The highest BCUT2D eigenvalue weighted by Crippen LogP contribution is 2.47. The van der Waals surface area contributed by atoms with E-state index >= 15 is 0 Å². The summed E-state index contributed by atoms with van der Waals surface area (Å²) < 4.78 is 37.7. The molecule has 0 heterocycles. The zero-order valence-electron chi connectivity index (χ0n) is 7.09. The van der Waals surface area contributed by atoms with Gasteiger partial charge in [-0.1, -0.05) is 46.4 Å². The molecule has 0 aliphatic heterocycles. The molecule has 8 heteroatoms. The monoisotopic (exact) mass is 307 g/mol. The summed E-state index contributed by atoms with van der Waals surface area (Å²) >= 11 is 21.8. The molecule has 0 atom stereocenters. The maximum atomic E-state index is 12.6. The zero-order valence-corrected chi connectivity index (χ0v) is 10.1. The van der Waals surface area contributed by atoms with Crippen molar-refractivity contribution in [1.29, 1.82) is 5.26 Å². The number of nitriles is 1. The number of hydrogen-bond acceptors (Lipinski definition) is 1. The quantitative estimate of drug-likeness (QED) is 0.478. The molecule has 0 aromatic heterocycles. The van der Waals surface area contributed by atoms with E-state index in [1.165, 1.54) is 6.07 Å². The molecule has 0 aliphatic carbocycles. The average Bonchev–Trinajstić information content (AvgIpc) is 2.13. The van der Waals surface area contributed by atoms with Crippen LogP contribution in [-0.2, 0) is 6.18 Å². The van der Waals surface area contributed by atoms with Gasteiger partial charge in [-0.2, -0.15) is 18.4 Å². The third kappa shape index (κ3) is 2.18. The number of alkyl halides is 3. The highest BCUT2D eigenvalue weighted by Gasteiger charge is 2.39. The van der Waals surface area contributed by atoms with Crippen LogP contribution in [0.3, 0.4) is 0 Å². The number of rotatable bonds is 0. The third-order valence-corrected chi connectivity index (χ3v) is 3.36. The molecule has 86 valence electrons. The lowest BCUT2D eigenvalue weighted by Gasteiger charge is -2.14. The molecule has 0 amide bonds. The van der Waals surface area contributed by atoms with Crippen LogP contribution in [0.2, 0.25) is 20.1 Å². The maximum Gasteiger partial charge on any atom is 0.419 e. The van der Waals surface area contributed by atoms with Gasteiger partial charge in [0.05, 0.1) is 31.2 Å². The minimum Gasteiger partial charge on any atom is -0.192 e. The first kappa shape index (κ1) is 13.7. The molecule has 0 radical (unpaired) electrons. The normalized spacial score (nSPS) is 11.4. The van der Waals surface area contributed by atoms with E-state index in [0.29, 0.717) is 0 Å². The van der Waals surface area contributed by atoms with Gasteiger partial charge in [-0.05, 0) is 0 Å². The van der Waals surface area contributed by atoms with Crippen molar-refractivity contribution in [3.8, 4) is 6.07 Å². The van der Waals surface area contributed by atoms with E-state index in [2.05, 4.69) is 0 Å². The van der Waals surface area contributed by atoms with Crippen molar-refractivity contribution in [3.05, 3.63) is 31.2 Å². The SMILES string of the molecule is N#Cc1c(Cl)c(Cl)c(Cl)c(C(F)(F)F)c1Cl. The summed E-state index contributed by atoms with van der Waals surface area (Å²) in [5.41, 5.74) is -1.91. The Labute approximate surface area is 108 Å². The number of halogens is 7. The molecule has 0 N–H and O–H groups in total. The highest BCUT2D eigenvalue weighted by molar-refractivity contribution is 6.50. The number of nitrogens with zero attached hydrogens (tertiary/aromatic N) is 1. The van der Waals surface area contributed by atoms with Crippen molar-refractivity contribution in [2.45, 2.75) is 6.18 Å². The second-order valence-electron chi connectivity index (χ2n) is 2.62. The second-order valence-corrected chi connectivity index (χ2v) is 4.13. The van der Waals surface area contributed by atoms with Gasteiger partial charge >= 0.3 is 6.18 Å². The van der Waals surface area contributed by atoms with Gasteiger partial charge in [-0.15, -0.1) is 0 Å². The molecule has 0 aliphatic rings. The number of hydrogen-bond donors (Lipinski definition) is 0. The molecule has 16 heavy (non-hydrogen) atoms. The van der Waals surface area contributed by atoms with Gasteiger partial charge in [0.15, 0.2) is 0 Å². The molecular weight excluding hydrogens is 309 g/mol. The van der Waals surface area contributed by atoms with Crippen molar-refractivity contribution in [2.75, 3.05) is 0 Å². The summed E-state index contributed by atoms with van der Waals surface area (Å²) in [4.78, 5) is 0. The van der Waals surface area contributed by atoms with E-state index < -0.39 is 37.4 Å². The molecule has 0 spiro atoms. The zero-order chi connectivity index (χ0) is 12.7. The summed E-state index contributed by atoms with van der Waals surface area (Å²) in [6.45, 7) is 0. The summed E-state index contributed by atoms with van der Waals surface area (Å²) in [5.74, 6) is 0. The van der Waals surface area contributed by atoms with Crippen molar-refractivity contribution < 1.29 is 13.2 Å². The second kappa shape index (κ2) is 4.50. The lowest BCUT2D eigenvalue weighted by atomic mass is 10.1. The molecule has 1 rings (SSSR count). The first-order valence-corrected chi connectivity index (χ1v) is 5.06. The molecule has 0 saturated heterocycles. The molecular formula is C8Cl4F3N. The first-order chi connectivity index (χ1) is 7.21. The predicted octanol–water partition coefficient (Wildman–Crippen LogP) is 5.19. The molecule has 0 saturated carbocycles. The molecule has 1 aromatic rings. The van der Waals surface area contributed by atoms with Gasteiger partial charge in [-0.25, -0.2) is 0 Å². The van der Waals surface area contributed by atoms with Crippen LogP contribution in [0.1, 0.15) is 11.1 Å². The minimum absolute atomic E-state index is 0.396. The summed E-state index contributed by atoms with van der Waals surface area (Å²) in [5, 5.41) is 6.01. The van der Waals surface area contributed by atoms with Crippen molar-refractivity contribution in [2.24, 2.45) is 0 Å². The fourth-order valence-corrected chi connectivity index (χ4v) is 2.18. The van der Waals surface area contributed by atoms with Crippen molar-refractivity contribution >= 4 is 46.4 Å². The van der Waals surface area contributed by atoms with Crippen LogP contribution >= 0.6 is 46.4 Å². The van der Waals surface area contributed by atoms with Gasteiger partial charge in [0.25, 0.3) is 0 Å². The molecule has 0 unspecified atom stereocenters. The van der Waals surface area contributed by atoms with Crippen LogP contribution in [0.25, 0.3) is 0 Å². The van der Waals surface area contributed by atoms with E-state index in [9.17, 15) is 13.2 Å². The minimum atomic E-state index is -4.81. The summed E-state index contributed by atoms with van der Waals surface area (Å²) in [6.07, 6.45) is -4.81. The van der Waals surface area contributed by atoms with Crippen LogP contribution in [0.5, 0.6) is 0 Å². The lowest BCUT2D eigenvalue weighted by Crippen LogP contribution is -2.08. The van der Waals surface area contributed by atoms with Crippen LogP contribution < -0.4 is 0 Å². The maximum absolute atomic E-state index is 12.6. The lowest BCUT2D eigenvalue weighted by molar-refractivity contribution is -0.137. The Hall–Kier alpha value is -0.340. The summed E-state index contributed by atoms with van der Waals surface area (Å²) in [7, 11) is 0. The Bertz CT molecular complexity index is 490. The number of benzene rings is 1. The van der Waals surface area contributed by atoms with Crippen LogP contribution in [-0.4, -0.2) is 0 Å². The van der Waals surface area contributed by atoms with E-state index in [-0.39, 0.29) is 0 Å². The Kier molecular flexibility index (Phi) is 3.86. The van der Waals surface area contributed by atoms with E-state index in [1.807, 2.05) is 0 Å². The Balaban J connectivity index is 3.78. The van der Waals surface area contributed by atoms with Gasteiger partial charge in [0, 0.05) is 0 Å². The fraction of sp³-hybridized carbons (Fsp3) is 0.125. The van der Waals surface area contributed by atoms with E-state index in [4.69, 9.17) is 51.7 Å². The average molecular weight is 309 g/mol. The van der Waals surface area contributed by atoms with Gasteiger partial charge in [-0.3, -0.25) is 0 Å². The topological polar surface area (TPSA) is 23.8 Å². The third-order valence-electron chi connectivity index (χ3n) is 1.66.